The van der Waals surface area contributed by atoms with E-state index < -0.39 is 0 Å². The average molecular weight is 327 g/mol. The molecule has 0 aromatic heterocycles. The fourth-order valence-corrected chi connectivity index (χ4v) is 3.02. The molecule has 4 nitrogen and oxygen atoms in total. The highest BCUT2D eigenvalue weighted by Gasteiger charge is 2.23. The highest BCUT2D eigenvalue weighted by molar-refractivity contribution is 5.40. The minimum Gasteiger partial charge on any atom is -0.486 e. The molecule has 0 aliphatic carbocycles. The maximum atomic E-state index is 10.4. The van der Waals surface area contributed by atoms with Gasteiger partial charge in [0.2, 0.25) is 0 Å². The summed E-state index contributed by atoms with van der Waals surface area (Å²) >= 11 is 0. The summed E-state index contributed by atoms with van der Waals surface area (Å²) in [5.74, 6) is 1.61. The van der Waals surface area contributed by atoms with Gasteiger partial charge in [-0.2, -0.15) is 0 Å². The van der Waals surface area contributed by atoms with E-state index in [1.54, 1.807) is 0 Å². The van der Waals surface area contributed by atoms with Crippen LogP contribution in [0.5, 0.6) is 11.5 Å². The number of nitrogens with zero attached hydrogens (tertiary/aromatic N) is 1. The van der Waals surface area contributed by atoms with Crippen LogP contribution in [-0.4, -0.2) is 48.5 Å². The summed E-state index contributed by atoms with van der Waals surface area (Å²) in [6, 6.07) is 17.9. The van der Waals surface area contributed by atoms with Crippen LogP contribution in [0.25, 0.3) is 0 Å². The minimum atomic E-state index is -0.385. The lowest BCUT2D eigenvalue weighted by atomic mass is 10.1. The quantitative estimate of drug-likeness (QED) is 0.849. The van der Waals surface area contributed by atoms with Crippen LogP contribution in [0.15, 0.2) is 54.6 Å². The standard InChI is InChI=1S/C20H25NO3/c1-2-21(13-17(22)12-16-8-4-3-5-9-16)14-18-15-23-19-10-6-7-11-20(19)24-18/h3-11,17-18,22H,2,12-15H2,1H3. The van der Waals surface area contributed by atoms with Crippen molar-refractivity contribution < 1.29 is 14.6 Å². The molecule has 0 amide bonds. The third-order valence-electron chi connectivity index (χ3n) is 4.26. The summed E-state index contributed by atoms with van der Waals surface area (Å²) in [6.07, 6.45) is 0.273. The lowest BCUT2D eigenvalue weighted by Crippen LogP contribution is -2.44. The number of rotatable bonds is 7. The molecule has 2 unspecified atom stereocenters. The number of hydrogen-bond donors (Lipinski definition) is 1. The van der Waals surface area contributed by atoms with Gasteiger partial charge in [0.15, 0.2) is 11.5 Å². The van der Waals surface area contributed by atoms with Crippen LogP contribution in [0.3, 0.4) is 0 Å². The van der Waals surface area contributed by atoms with Crippen LogP contribution in [0.4, 0.5) is 0 Å². The van der Waals surface area contributed by atoms with Crippen LogP contribution in [0, 0.1) is 0 Å². The number of ether oxygens (including phenoxy) is 2. The molecule has 0 saturated carbocycles. The molecule has 0 fully saturated rings. The SMILES string of the molecule is CCN(CC(O)Cc1ccccc1)CC1COc2ccccc2O1. The second kappa shape index (κ2) is 8.18. The van der Waals surface area contributed by atoms with Crippen LogP contribution < -0.4 is 9.47 Å². The average Bonchev–Trinajstić information content (AvgIpc) is 2.62. The van der Waals surface area contributed by atoms with Crippen molar-refractivity contribution in [3.05, 3.63) is 60.2 Å². The molecule has 2 aromatic carbocycles. The number of aliphatic hydroxyl groups is 1. The summed E-state index contributed by atoms with van der Waals surface area (Å²) in [6.45, 7) is 4.89. The molecule has 4 heteroatoms. The molecular weight excluding hydrogens is 302 g/mol. The van der Waals surface area contributed by atoms with Crippen molar-refractivity contribution in [2.24, 2.45) is 0 Å². The molecule has 24 heavy (non-hydrogen) atoms. The van der Waals surface area contributed by atoms with Gasteiger partial charge in [-0.05, 0) is 30.7 Å². The second-order valence-electron chi connectivity index (χ2n) is 6.19. The Labute approximate surface area is 143 Å². The maximum Gasteiger partial charge on any atom is 0.161 e. The van der Waals surface area contributed by atoms with E-state index in [1.165, 1.54) is 0 Å². The largest absolute Gasteiger partial charge is 0.486 e. The molecule has 1 heterocycles. The number of para-hydroxylation sites is 2. The Morgan fingerprint density at radius 1 is 1.08 bits per heavy atom. The minimum absolute atomic E-state index is 0.0104. The van der Waals surface area contributed by atoms with Crippen LogP contribution >= 0.6 is 0 Å². The molecule has 0 radical (unpaired) electrons. The predicted octanol–water partition coefficient (Wildman–Crippen LogP) is 2.75. The molecule has 1 N–H and O–H groups in total. The van der Waals surface area contributed by atoms with Gasteiger partial charge in [-0.25, -0.2) is 0 Å². The summed E-state index contributed by atoms with van der Waals surface area (Å²) in [7, 11) is 0. The molecule has 0 spiro atoms. The Bertz CT molecular complexity index is 632. The van der Waals surface area contributed by atoms with Crippen LogP contribution in [0.2, 0.25) is 0 Å². The van der Waals surface area contributed by atoms with Crippen LogP contribution in [-0.2, 0) is 6.42 Å². The zero-order chi connectivity index (χ0) is 16.8. The first-order chi connectivity index (χ1) is 11.7. The van der Waals surface area contributed by atoms with Crippen molar-refractivity contribution in [3.8, 4) is 11.5 Å². The van der Waals surface area contributed by atoms with Crippen molar-refractivity contribution in [2.45, 2.75) is 25.6 Å². The Balaban J connectivity index is 1.52. The van der Waals surface area contributed by atoms with E-state index in [9.17, 15) is 5.11 Å². The summed E-state index contributed by atoms with van der Waals surface area (Å²) < 4.78 is 11.8. The first-order valence-electron chi connectivity index (χ1n) is 8.57. The summed E-state index contributed by atoms with van der Waals surface area (Å²) in [5.41, 5.74) is 1.16. The monoisotopic (exact) mass is 327 g/mol. The Morgan fingerprint density at radius 2 is 1.79 bits per heavy atom. The number of aliphatic hydroxyl groups excluding tert-OH is 1. The third kappa shape index (κ3) is 4.49. The highest BCUT2D eigenvalue weighted by Crippen LogP contribution is 2.31. The molecular formula is C20H25NO3. The van der Waals surface area contributed by atoms with Crippen molar-refractivity contribution in [3.63, 3.8) is 0 Å². The Kier molecular flexibility index (Phi) is 5.72. The van der Waals surface area contributed by atoms with Crippen LogP contribution in [0.1, 0.15) is 12.5 Å². The normalized spacial score (nSPS) is 17.7. The number of fused-ring (bicyclic) bond motifs is 1. The first-order valence-corrected chi connectivity index (χ1v) is 8.57. The number of likely N-dealkylation sites (N-methyl/N-ethyl adjacent to an activating group) is 1. The Morgan fingerprint density at radius 3 is 2.54 bits per heavy atom. The van der Waals surface area contributed by atoms with Gasteiger partial charge in [0.05, 0.1) is 6.10 Å². The molecule has 128 valence electrons. The van der Waals surface area contributed by atoms with E-state index in [4.69, 9.17) is 9.47 Å². The lowest BCUT2D eigenvalue weighted by molar-refractivity contribution is 0.0421. The van der Waals surface area contributed by atoms with E-state index in [0.717, 1.165) is 30.2 Å². The van der Waals surface area contributed by atoms with Gasteiger partial charge in [-0.15, -0.1) is 0 Å². The molecule has 2 atom stereocenters. The smallest absolute Gasteiger partial charge is 0.161 e. The van der Waals surface area contributed by atoms with E-state index in [0.29, 0.717) is 19.6 Å². The van der Waals surface area contributed by atoms with E-state index in [2.05, 4.69) is 24.0 Å². The van der Waals surface area contributed by atoms with Crippen molar-refractivity contribution in [2.75, 3.05) is 26.2 Å². The summed E-state index contributed by atoms with van der Waals surface area (Å²) in [4.78, 5) is 2.22. The van der Waals surface area contributed by atoms with E-state index in [1.807, 2.05) is 42.5 Å². The van der Waals surface area contributed by atoms with E-state index >= 15 is 0 Å². The lowest BCUT2D eigenvalue weighted by Gasteiger charge is -2.31. The van der Waals surface area contributed by atoms with Gasteiger partial charge in [-0.1, -0.05) is 49.4 Å². The topological polar surface area (TPSA) is 41.9 Å². The maximum absolute atomic E-state index is 10.4. The molecule has 0 bridgehead atoms. The summed E-state index contributed by atoms with van der Waals surface area (Å²) in [5, 5.41) is 10.4. The van der Waals surface area contributed by atoms with Crippen molar-refractivity contribution >= 4 is 0 Å². The second-order valence-corrected chi connectivity index (χ2v) is 6.19. The highest BCUT2D eigenvalue weighted by atomic mass is 16.6. The van der Waals surface area contributed by atoms with Crippen molar-refractivity contribution in [1.82, 2.24) is 4.90 Å². The van der Waals surface area contributed by atoms with Gasteiger partial charge < -0.3 is 14.6 Å². The van der Waals surface area contributed by atoms with Gasteiger partial charge in [0.25, 0.3) is 0 Å². The molecule has 2 aromatic rings. The van der Waals surface area contributed by atoms with Gasteiger partial charge in [0, 0.05) is 13.1 Å². The predicted molar refractivity (Wildman–Crippen MR) is 94.6 cm³/mol. The Hall–Kier alpha value is -2.04. The van der Waals surface area contributed by atoms with Gasteiger partial charge >= 0.3 is 0 Å². The fourth-order valence-electron chi connectivity index (χ4n) is 3.02. The number of benzene rings is 2. The first kappa shape index (κ1) is 16.8. The third-order valence-corrected chi connectivity index (χ3v) is 4.26. The van der Waals surface area contributed by atoms with Crippen molar-refractivity contribution in [1.29, 1.82) is 0 Å². The zero-order valence-electron chi connectivity index (χ0n) is 14.1. The molecule has 3 rings (SSSR count). The molecule has 0 saturated heterocycles. The van der Waals surface area contributed by atoms with Gasteiger partial charge in [0.1, 0.15) is 12.7 Å². The zero-order valence-corrected chi connectivity index (χ0v) is 14.1. The fraction of sp³-hybridized carbons (Fsp3) is 0.400. The van der Waals surface area contributed by atoms with E-state index in [-0.39, 0.29) is 12.2 Å². The number of hydrogen-bond acceptors (Lipinski definition) is 4. The molecule has 1 aliphatic rings. The molecule has 1 aliphatic heterocycles. The van der Waals surface area contributed by atoms with Gasteiger partial charge in [-0.3, -0.25) is 4.90 Å².